The predicted molar refractivity (Wildman–Crippen MR) is 11.2 cm³/mol. The summed E-state index contributed by atoms with van der Waals surface area (Å²) in [7, 11) is 0. The molecule has 0 unspecified atom stereocenters. The molecule has 0 fully saturated rings. The van der Waals surface area contributed by atoms with Crippen LogP contribution in [0.5, 0.6) is 0 Å². The van der Waals surface area contributed by atoms with E-state index in [0.29, 0.717) is 0 Å². The highest BCUT2D eigenvalue weighted by atomic mass is 14.8. The third-order valence-electron chi connectivity index (χ3n) is 0.0500. The number of nitriles is 2. The normalized spacial score (nSPS) is 2.50. The molecule has 0 aliphatic carbocycles. The zero-order valence-electron chi connectivity index (χ0n) is 1.89. The van der Waals surface area contributed by atoms with E-state index in [1.807, 2.05) is 0 Å². The first-order valence-corrected chi connectivity index (χ1v) is 0.697. The van der Waals surface area contributed by atoms with Crippen molar-refractivity contribution >= 4 is 0 Å². The molecule has 0 saturated carbocycles. The summed E-state index contributed by atoms with van der Waals surface area (Å²) in [6.45, 7) is 0. The molecule has 0 aromatic carbocycles. The molecule has 2 heteroatoms. The molecule has 0 heterocycles. The van der Waals surface area contributed by atoms with Crippen LogP contribution in [0, 0.1) is 22.7 Å². The molecule has 0 atom stereocenters. The molecular formula is C2N2. The van der Waals surface area contributed by atoms with Gasteiger partial charge in [-0.25, -0.2) is 0 Å². The Morgan fingerprint density at radius 3 is 2.00 bits per heavy atom. The number of hydrogen-bond donors (Lipinski definition) is 0. The molecule has 0 aliphatic rings. The quantitative estimate of drug-likeness (QED) is 0.391. The van der Waals surface area contributed by atoms with Crippen molar-refractivity contribution in [3.63, 3.8) is 0 Å². The van der Waals surface area contributed by atoms with E-state index < -0.39 is 0 Å². The summed E-state index contributed by atoms with van der Waals surface area (Å²) in [5.74, 6) is 0. The molecule has 0 amide bonds. The summed E-state index contributed by atoms with van der Waals surface area (Å²) in [5, 5.41) is 14.5. The van der Waals surface area contributed by atoms with E-state index in [-0.39, 0.29) is 0 Å². The SMILES string of the molecule is N#C[14C]#N. The molecular weight excluding hydrogens is 54.0 g/mol. The topological polar surface area (TPSA) is 47.6 Å². The molecule has 0 radical (unpaired) electrons. The molecule has 0 saturated heterocycles. The monoisotopic (exact) mass is 54.0 g/mol. The third kappa shape index (κ3) is 0.980. The van der Waals surface area contributed by atoms with Gasteiger partial charge in [-0.15, -0.1) is 0 Å². The largest absolute Gasteiger partial charge is 0.181 e. The van der Waals surface area contributed by atoms with Crippen molar-refractivity contribution in [3.05, 3.63) is 0 Å². The minimum atomic E-state index is 1.24. The zero-order chi connectivity index (χ0) is 3.41. The molecule has 0 N–H and O–H groups in total. The van der Waals surface area contributed by atoms with Crippen molar-refractivity contribution in [1.82, 2.24) is 0 Å². The maximum atomic E-state index is 7.26. The van der Waals surface area contributed by atoms with Crippen molar-refractivity contribution in [2.75, 3.05) is 0 Å². The lowest BCUT2D eigenvalue weighted by atomic mass is 11.5. The summed E-state index contributed by atoms with van der Waals surface area (Å²) in [5.41, 5.74) is 0. The fourth-order valence-corrected chi connectivity index (χ4v) is 0. The van der Waals surface area contributed by atoms with Gasteiger partial charge in [-0.05, 0) is 0 Å². The molecule has 0 aliphatic heterocycles. The van der Waals surface area contributed by atoms with Crippen LogP contribution in [-0.2, 0) is 0 Å². The van der Waals surface area contributed by atoms with Crippen LogP contribution in [0.15, 0.2) is 0 Å². The smallest absolute Gasteiger partial charge is 0.181 e. The second kappa shape index (κ2) is 1.98. The highest BCUT2D eigenvalue weighted by Gasteiger charge is 1.39. The van der Waals surface area contributed by atoms with Gasteiger partial charge in [0, 0.05) is 0 Å². The van der Waals surface area contributed by atoms with E-state index in [1.54, 1.807) is 0 Å². The van der Waals surface area contributed by atoms with Crippen molar-refractivity contribution < 1.29 is 0 Å². The standard InChI is InChI=1S/C2N2/c3-1-2-4/i1+2. The predicted octanol–water partition coefficient (Wildman–Crippen LogP) is 0.0336. The molecule has 0 rings (SSSR count). The molecule has 2 nitrogen and oxygen atoms in total. The van der Waals surface area contributed by atoms with Gasteiger partial charge in [-0.2, -0.15) is 10.5 Å². The lowest BCUT2D eigenvalue weighted by Crippen LogP contribution is -1.26. The van der Waals surface area contributed by atoms with E-state index in [1.165, 1.54) is 12.1 Å². The number of nitrogens with zero attached hydrogens (tertiary/aromatic N) is 2. The summed E-state index contributed by atoms with van der Waals surface area (Å²) in [6, 6.07) is 2.47. The van der Waals surface area contributed by atoms with Crippen molar-refractivity contribution in [1.29, 1.82) is 10.5 Å². The van der Waals surface area contributed by atoms with Gasteiger partial charge in [-0.1, -0.05) is 0 Å². The first-order chi connectivity index (χ1) is 1.91. The van der Waals surface area contributed by atoms with Crippen LogP contribution in [0.1, 0.15) is 0 Å². The van der Waals surface area contributed by atoms with Crippen LogP contribution >= 0.6 is 0 Å². The van der Waals surface area contributed by atoms with Crippen LogP contribution in [0.4, 0.5) is 0 Å². The van der Waals surface area contributed by atoms with Crippen LogP contribution in [0.25, 0.3) is 0 Å². The van der Waals surface area contributed by atoms with E-state index in [2.05, 4.69) is 0 Å². The molecule has 4 heavy (non-hydrogen) atoms. The van der Waals surface area contributed by atoms with Crippen LogP contribution < -0.4 is 0 Å². The fourth-order valence-electron chi connectivity index (χ4n) is 0. The van der Waals surface area contributed by atoms with Crippen LogP contribution in [0.2, 0.25) is 0 Å². The summed E-state index contributed by atoms with van der Waals surface area (Å²) in [6.07, 6.45) is 0. The van der Waals surface area contributed by atoms with Crippen molar-refractivity contribution in [2.24, 2.45) is 0 Å². The molecule has 0 bridgehead atoms. The van der Waals surface area contributed by atoms with Crippen molar-refractivity contribution in [2.45, 2.75) is 0 Å². The number of hydrogen-bond acceptors (Lipinski definition) is 2. The maximum absolute atomic E-state index is 7.26. The lowest BCUT2D eigenvalue weighted by molar-refractivity contribution is 1.49. The maximum Gasteiger partial charge on any atom is 0.181 e. The van der Waals surface area contributed by atoms with Gasteiger partial charge >= 0.3 is 0 Å². The van der Waals surface area contributed by atoms with E-state index in [4.69, 9.17) is 10.5 Å². The van der Waals surface area contributed by atoms with Crippen molar-refractivity contribution in [3.8, 4) is 12.1 Å². The summed E-state index contributed by atoms with van der Waals surface area (Å²) in [4.78, 5) is 0. The van der Waals surface area contributed by atoms with Gasteiger partial charge < -0.3 is 0 Å². The molecule has 0 aromatic heterocycles. The Kier molecular flexibility index (Phi) is 1.48. The van der Waals surface area contributed by atoms with Gasteiger partial charge in [0.2, 0.25) is 0 Å². The lowest BCUT2D eigenvalue weighted by Gasteiger charge is -1.16. The first kappa shape index (κ1) is 2.98. The number of rotatable bonds is 0. The fraction of sp³-hybridized carbons (Fsp3) is 0. The molecule has 0 aromatic rings. The zero-order valence-corrected chi connectivity index (χ0v) is 1.89. The van der Waals surface area contributed by atoms with Crippen LogP contribution in [-0.4, -0.2) is 0 Å². The Hall–Kier alpha value is -1.02. The first-order valence-electron chi connectivity index (χ1n) is 0.697. The average molecular weight is 54.0 g/mol. The third-order valence-corrected chi connectivity index (χ3v) is 0.0500. The Labute approximate surface area is 23.9 Å². The van der Waals surface area contributed by atoms with Crippen LogP contribution in [0.3, 0.4) is 0 Å². The van der Waals surface area contributed by atoms with E-state index in [9.17, 15) is 0 Å². The van der Waals surface area contributed by atoms with Gasteiger partial charge in [-0.3, -0.25) is 0 Å². The second-order valence-corrected chi connectivity index (χ2v) is 0.224. The Balaban J connectivity index is 3.14. The minimum Gasteiger partial charge on any atom is -0.181 e. The second-order valence-electron chi connectivity index (χ2n) is 0.224. The Morgan fingerprint density at radius 1 is 1.75 bits per heavy atom. The Morgan fingerprint density at radius 2 is 2.00 bits per heavy atom. The van der Waals surface area contributed by atoms with E-state index >= 15 is 0 Å². The summed E-state index contributed by atoms with van der Waals surface area (Å²) >= 11 is 0. The van der Waals surface area contributed by atoms with Gasteiger partial charge in [0.25, 0.3) is 0 Å². The highest BCUT2D eigenvalue weighted by Crippen LogP contribution is 1.27. The van der Waals surface area contributed by atoms with Gasteiger partial charge in [0.1, 0.15) is 0 Å². The van der Waals surface area contributed by atoms with Gasteiger partial charge in [0.15, 0.2) is 12.1 Å². The average Bonchev–Trinajstić information content (AvgIpc) is 1.37. The van der Waals surface area contributed by atoms with E-state index in [0.717, 1.165) is 0 Å². The molecule has 0 spiro atoms. The summed E-state index contributed by atoms with van der Waals surface area (Å²) < 4.78 is 0. The Bertz CT molecular complexity index is 59.0. The minimum absolute atomic E-state index is 1.24. The molecule has 18 valence electrons. The highest BCUT2D eigenvalue weighted by molar-refractivity contribution is 4.99. The van der Waals surface area contributed by atoms with Gasteiger partial charge in [0.05, 0.1) is 0 Å².